The first-order valence-electron chi connectivity index (χ1n) is 5.59. The molecule has 1 aliphatic rings. The molecular formula is C10H21N3O3. The van der Waals surface area contributed by atoms with Gasteiger partial charge < -0.3 is 25.3 Å². The molecule has 0 aromatic rings. The maximum Gasteiger partial charge on any atom is 0.236 e. The van der Waals surface area contributed by atoms with Gasteiger partial charge in [0.15, 0.2) is 0 Å². The summed E-state index contributed by atoms with van der Waals surface area (Å²) in [7, 11) is 2.04. The van der Waals surface area contributed by atoms with E-state index < -0.39 is 6.10 Å². The first kappa shape index (κ1) is 13.4. The fourth-order valence-electron chi connectivity index (χ4n) is 1.58. The van der Waals surface area contributed by atoms with Crippen LogP contribution in [0.5, 0.6) is 0 Å². The maximum absolute atomic E-state index is 11.7. The van der Waals surface area contributed by atoms with E-state index in [1.54, 1.807) is 0 Å². The van der Waals surface area contributed by atoms with E-state index in [4.69, 9.17) is 10.2 Å². The molecule has 0 saturated carbocycles. The number of aliphatic hydroxyl groups is 2. The van der Waals surface area contributed by atoms with E-state index in [0.717, 1.165) is 26.2 Å². The van der Waals surface area contributed by atoms with Crippen LogP contribution in [0.25, 0.3) is 0 Å². The van der Waals surface area contributed by atoms with Gasteiger partial charge in [-0.2, -0.15) is 0 Å². The highest BCUT2D eigenvalue weighted by atomic mass is 16.3. The number of piperazine rings is 1. The molecule has 1 atom stereocenters. The topological polar surface area (TPSA) is 76.0 Å². The Hall–Kier alpha value is -0.690. The van der Waals surface area contributed by atoms with Gasteiger partial charge in [0.25, 0.3) is 0 Å². The normalized spacial score (nSPS) is 19.8. The molecule has 94 valence electrons. The van der Waals surface area contributed by atoms with Gasteiger partial charge in [0, 0.05) is 32.7 Å². The van der Waals surface area contributed by atoms with Crippen molar-refractivity contribution >= 4 is 5.91 Å². The van der Waals surface area contributed by atoms with Gasteiger partial charge in [-0.3, -0.25) is 4.79 Å². The number of aliphatic hydroxyl groups excluding tert-OH is 2. The van der Waals surface area contributed by atoms with Crippen molar-refractivity contribution < 1.29 is 15.0 Å². The molecule has 0 radical (unpaired) electrons. The molecule has 1 aliphatic heterocycles. The van der Waals surface area contributed by atoms with Gasteiger partial charge in [-0.05, 0) is 7.05 Å². The molecule has 3 N–H and O–H groups in total. The molecule has 6 heteroatoms. The summed E-state index contributed by atoms with van der Waals surface area (Å²) in [5.41, 5.74) is 0. The van der Waals surface area contributed by atoms with Gasteiger partial charge in [0.2, 0.25) is 5.91 Å². The third-order valence-corrected chi connectivity index (χ3v) is 2.72. The number of hydrogen-bond donors (Lipinski definition) is 3. The number of rotatable bonds is 5. The third-order valence-electron chi connectivity index (χ3n) is 2.72. The number of nitrogens with zero attached hydrogens (tertiary/aromatic N) is 2. The Morgan fingerprint density at radius 1 is 1.38 bits per heavy atom. The number of amides is 1. The molecule has 0 bridgehead atoms. The highest BCUT2D eigenvalue weighted by Crippen LogP contribution is 1.98. The van der Waals surface area contributed by atoms with Crippen LogP contribution in [-0.2, 0) is 4.79 Å². The lowest BCUT2D eigenvalue weighted by atomic mass is 10.3. The minimum atomic E-state index is -0.791. The lowest BCUT2D eigenvalue weighted by Gasteiger charge is -2.32. The number of hydrogen-bond acceptors (Lipinski definition) is 5. The third kappa shape index (κ3) is 4.44. The van der Waals surface area contributed by atoms with E-state index in [1.807, 2.05) is 11.9 Å². The van der Waals surface area contributed by atoms with Crippen molar-refractivity contribution in [2.75, 3.05) is 52.9 Å². The largest absolute Gasteiger partial charge is 0.394 e. The van der Waals surface area contributed by atoms with Crippen LogP contribution < -0.4 is 5.32 Å². The van der Waals surface area contributed by atoms with Crippen LogP contribution in [0.2, 0.25) is 0 Å². The average Bonchev–Trinajstić information content (AvgIpc) is 2.29. The van der Waals surface area contributed by atoms with Crippen LogP contribution in [-0.4, -0.2) is 84.9 Å². The summed E-state index contributed by atoms with van der Waals surface area (Å²) < 4.78 is 0. The van der Waals surface area contributed by atoms with Crippen LogP contribution in [0, 0.1) is 0 Å². The number of likely N-dealkylation sites (N-methyl/N-ethyl adjacent to an activating group) is 1. The van der Waals surface area contributed by atoms with E-state index >= 15 is 0 Å². The van der Waals surface area contributed by atoms with E-state index in [2.05, 4.69) is 10.2 Å². The van der Waals surface area contributed by atoms with Crippen LogP contribution in [0.1, 0.15) is 0 Å². The van der Waals surface area contributed by atoms with E-state index in [1.165, 1.54) is 0 Å². The van der Waals surface area contributed by atoms with Gasteiger partial charge in [0.1, 0.15) is 0 Å². The zero-order valence-corrected chi connectivity index (χ0v) is 9.72. The van der Waals surface area contributed by atoms with Gasteiger partial charge in [-0.25, -0.2) is 0 Å². The number of carbonyl (C=O) groups is 1. The summed E-state index contributed by atoms with van der Waals surface area (Å²) in [6, 6.07) is 0. The lowest BCUT2D eigenvalue weighted by molar-refractivity contribution is -0.131. The van der Waals surface area contributed by atoms with Crippen molar-refractivity contribution in [3.63, 3.8) is 0 Å². The van der Waals surface area contributed by atoms with E-state index in [9.17, 15) is 4.79 Å². The van der Waals surface area contributed by atoms with Gasteiger partial charge in [0.05, 0.1) is 19.3 Å². The highest BCUT2D eigenvalue weighted by molar-refractivity contribution is 5.78. The molecule has 0 spiro atoms. The van der Waals surface area contributed by atoms with Crippen LogP contribution >= 0.6 is 0 Å². The van der Waals surface area contributed by atoms with Crippen LogP contribution in [0.4, 0.5) is 0 Å². The Labute approximate surface area is 95.8 Å². The second kappa shape index (κ2) is 6.80. The molecule has 1 rings (SSSR count). The Morgan fingerprint density at radius 3 is 2.56 bits per heavy atom. The minimum absolute atomic E-state index is 0.0539. The van der Waals surface area contributed by atoms with Crippen molar-refractivity contribution in [1.82, 2.24) is 15.1 Å². The van der Waals surface area contributed by atoms with Gasteiger partial charge >= 0.3 is 0 Å². The Balaban J connectivity index is 2.15. The molecule has 1 saturated heterocycles. The quantitative estimate of drug-likeness (QED) is 0.496. The fraction of sp³-hybridized carbons (Fsp3) is 0.900. The van der Waals surface area contributed by atoms with Crippen molar-refractivity contribution in [3.8, 4) is 0 Å². The Bertz CT molecular complexity index is 217. The second-order valence-corrected chi connectivity index (χ2v) is 4.15. The maximum atomic E-state index is 11.7. The van der Waals surface area contributed by atoms with E-state index in [0.29, 0.717) is 0 Å². The predicted molar refractivity (Wildman–Crippen MR) is 60.0 cm³/mol. The smallest absolute Gasteiger partial charge is 0.236 e. The Kier molecular flexibility index (Phi) is 5.68. The van der Waals surface area contributed by atoms with Crippen LogP contribution in [0.3, 0.4) is 0 Å². The molecule has 6 nitrogen and oxygen atoms in total. The zero-order valence-electron chi connectivity index (χ0n) is 9.72. The average molecular weight is 231 g/mol. The molecule has 0 aliphatic carbocycles. The van der Waals surface area contributed by atoms with Crippen molar-refractivity contribution in [1.29, 1.82) is 0 Å². The monoisotopic (exact) mass is 231 g/mol. The predicted octanol–water partition coefficient (Wildman–Crippen LogP) is -2.30. The molecule has 16 heavy (non-hydrogen) atoms. The fourth-order valence-corrected chi connectivity index (χ4v) is 1.58. The summed E-state index contributed by atoms with van der Waals surface area (Å²) in [6.07, 6.45) is -0.791. The second-order valence-electron chi connectivity index (χ2n) is 4.15. The summed E-state index contributed by atoms with van der Waals surface area (Å²) in [6.45, 7) is 3.53. The summed E-state index contributed by atoms with van der Waals surface area (Å²) in [4.78, 5) is 15.7. The van der Waals surface area contributed by atoms with Gasteiger partial charge in [-0.15, -0.1) is 0 Å². The molecular weight excluding hydrogens is 210 g/mol. The standard InChI is InChI=1S/C10H21N3O3/c1-12-2-4-13(5-3-12)10(16)7-11-6-9(15)8-14/h9,11,14-15H,2-8H2,1H3. The number of carbonyl (C=O) groups excluding carboxylic acids is 1. The van der Waals surface area contributed by atoms with Crippen molar-refractivity contribution in [2.24, 2.45) is 0 Å². The van der Waals surface area contributed by atoms with E-state index in [-0.39, 0.29) is 25.6 Å². The zero-order chi connectivity index (χ0) is 12.0. The molecule has 1 unspecified atom stereocenters. The minimum Gasteiger partial charge on any atom is -0.394 e. The van der Waals surface area contributed by atoms with Crippen molar-refractivity contribution in [3.05, 3.63) is 0 Å². The number of nitrogens with one attached hydrogen (secondary N) is 1. The Morgan fingerprint density at radius 2 is 2.00 bits per heavy atom. The first-order valence-corrected chi connectivity index (χ1v) is 5.59. The summed E-state index contributed by atoms with van der Waals surface area (Å²) >= 11 is 0. The summed E-state index contributed by atoms with van der Waals surface area (Å²) in [5.74, 6) is 0.0539. The lowest BCUT2D eigenvalue weighted by Crippen LogP contribution is -2.50. The summed E-state index contributed by atoms with van der Waals surface area (Å²) in [5, 5.41) is 20.5. The SMILES string of the molecule is CN1CCN(C(=O)CNCC(O)CO)CC1. The molecule has 0 aromatic carbocycles. The van der Waals surface area contributed by atoms with Gasteiger partial charge in [-0.1, -0.05) is 0 Å². The molecule has 1 amide bonds. The van der Waals surface area contributed by atoms with Crippen molar-refractivity contribution in [2.45, 2.75) is 6.10 Å². The molecule has 0 aromatic heterocycles. The molecule has 1 heterocycles. The molecule has 1 fully saturated rings. The highest BCUT2D eigenvalue weighted by Gasteiger charge is 2.18. The van der Waals surface area contributed by atoms with Crippen LogP contribution in [0.15, 0.2) is 0 Å². The first-order chi connectivity index (χ1) is 7.63.